The van der Waals surface area contributed by atoms with Crippen LogP contribution in [0, 0.1) is 0 Å². The van der Waals surface area contributed by atoms with Crippen molar-refractivity contribution >= 4 is 9.39 Å². The van der Waals surface area contributed by atoms with Gasteiger partial charge in [0.05, 0.1) is 0 Å². The lowest BCUT2D eigenvalue weighted by molar-refractivity contribution is 0.602. The summed E-state index contributed by atoms with van der Waals surface area (Å²) in [4.78, 5) is 0. The molecule has 0 amide bonds. The van der Waals surface area contributed by atoms with Crippen LogP contribution in [-0.4, -0.2) is 18.3 Å². The van der Waals surface area contributed by atoms with E-state index in [0.717, 1.165) is 6.54 Å². The number of nitrogens with zero attached hydrogens (tertiary/aromatic N) is 1. The van der Waals surface area contributed by atoms with Crippen LogP contribution >= 0.6 is 9.39 Å². The molecule has 0 heterocycles. The van der Waals surface area contributed by atoms with Gasteiger partial charge in [-0.05, 0) is 13.6 Å². The van der Waals surface area contributed by atoms with Gasteiger partial charge < -0.3 is 0 Å². The van der Waals surface area contributed by atoms with E-state index >= 15 is 0 Å². The van der Waals surface area contributed by atoms with E-state index in [9.17, 15) is 0 Å². The average molecular weight is 91.1 g/mol. The zero-order chi connectivity index (χ0) is 4.28. The maximum Gasteiger partial charge on any atom is -0.00154 e. The molecule has 0 aromatic rings. The van der Waals surface area contributed by atoms with Gasteiger partial charge in [0.2, 0.25) is 0 Å². The van der Waals surface area contributed by atoms with Crippen molar-refractivity contribution in [1.82, 2.24) is 4.67 Å². The molecule has 5 heavy (non-hydrogen) atoms. The number of rotatable bonds is 1. The van der Waals surface area contributed by atoms with Crippen molar-refractivity contribution in [2.75, 3.05) is 13.6 Å². The highest BCUT2D eigenvalue weighted by atomic mass is 31.0. The molecule has 0 aromatic heterocycles. The van der Waals surface area contributed by atoms with E-state index in [1.54, 1.807) is 0 Å². The van der Waals surface area contributed by atoms with Crippen LogP contribution in [0.25, 0.3) is 0 Å². The Morgan fingerprint density at radius 3 is 2.00 bits per heavy atom. The Bertz CT molecular complexity index is 20.9. The predicted molar refractivity (Wildman–Crippen MR) is 28.0 cm³/mol. The molecular formula is C3H10NP. The van der Waals surface area contributed by atoms with Gasteiger partial charge in [0.15, 0.2) is 0 Å². The molecule has 0 bridgehead atoms. The van der Waals surface area contributed by atoms with Gasteiger partial charge in [0, 0.05) is 0 Å². The van der Waals surface area contributed by atoms with E-state index in [-0.39, 0.29) is 0 Å². The van der Waals surface area contributed by atoms with Gasteiger partial charge in [-0.1, -0.05) is 16.3 Å². The summed E-state index contributed by atoms with van der Waals surface area (Å²) in [6, 6.07) is 0. The second-order valence-corrected chi connectivity index (χ2v) is 1.95. The lowest BCUT2D eigenvalue weighted by atomic mass is 10.8. The molecule has 0 fully saturated rings. The molecule has 0 aliphatic carbocycles. The fourth-order valence-electron chi connectivity index (χ4n) is 0. The summed E-state index contributed by atoms with van der Waals surface area (Å²) in [5.74, 6) is 0. The van der Waals surface area contributed by atoms with Crippen molar-refractivity contribution < 1.29 is 0 Å². The van der Waals surface area contributed by atoms with Crippen molar-refractivity contribution in [2.24, 2.45) is 0 Å². The molecule has 0 aromatic carbocycles. The largest absolute Gasteiger partial charge is 0.291 e. The minimum atomic E-state index is 1.10. The van der Waals surface area contributed by atoms with Crippen LogP contribution < -0.4 is 0 Å². The molecule has 1 atom stereocenters. The Balaban J connectivity index is 2.54. The minimum Gasteiger partial charge on any atom is -0.291 e. The van der Waals surface area contributed by atoms with Crippen molar-refractivity contribution in [1.29, 1.82) is 0 Å². The summed E-state index contributed by atoms with van der Waals surface area (Å²) in [7, 11) is 4.59. The van der Waals surface area contributed by atoms with Gasteiger partial charge in [0.1, 0.15) is 0 Å². The summed E-state index contributed by atoms with van der Waals surface area (Å²) >= 11 is 0. The molecular weight excluding hydrogens is 81.0 g/mol. The van der Waals surface area contributed by atoms with Crippen LogP contribution in [0.1, 0.15) is 6.92 Å². The number of hydrogen-bond donors (Lipinski definition) is 0. The Kier molecular flexibility index (Phi) is 2.82. The predicted octanol–water partition coefficient (Wildman–Crippen LogP) is 0.728. The monoisotopic (exact) mass is 91.1 g/mol. The SMILES string of the molecule is CCN(C)P. The topological polar surface area (TPSA) is 3.24 Å². The highest BCUT2D eigenvalue weighted by Gasteiger charge is 1.72. The van der Waals surface area contributed by atoms with E-state index in [4.69, 9.17) is 0 Å². The average Bonchev–Trinajstić information content (AvgIpc) is 1.38. The van der Waals surface area contributed by atoms with Gasteiger partial charge in [-0.3, -0.25) is 4.67 Å². The van der Waals surface area contributed by atoms with Gasteiger partial charge in [-0.15, -0.1) is 0 Å². The van der Waals surface area contributed by atoms with E-state index in [0.29, 0.717) is 0 Å². The summed E-state index contributed by atoms with van der Waals surface area (Å²) in [6.07, 6.45) is 0. The third kappa shape index (κ3) is 4.39. The molecule has 0 rings (SSSR count). The van der Waals surface area contributed by atoms with Crippen molar-refractivity contribution in [3.8, 4) is 0 Å². The van der Waals surface area contributed by atoms with E-state index < -0.39 is 0 Å². The Hall–Kier alpha value is 0.390. The van der Waals surface area contributed by atoms with E-state index in [1.807, 2.05) is 11.7 Å². The fraction of sp³-hybridized carbons (Fsp3) is 1.00. The molecule has 0 radical (unpaired) electrons. The first-order chi connectivity index (χ1) is 2.27. The van der Waals surface area contributed by atoms with Gasteiger partial charge in [-0.2, -0.15) is 0 Å². The molecule has 0 aliphatic heterocycles. The standard InChI is InChI=1S/C3H10NP/c1-3-4(2)5/h3,5H2,1-2H3. The first-order valence-electron chi connectivity index (χ1n) is 1.73. The van der Waals surface area contributed by atoms with Crippen molar-refractivity contribution in [2.45, 2.75) is 6.92 Å². The summed E-state index contributed by atoms with van der Waals surface area (Å²) in [6.45, 7) is 3.21. The smallest absolute Gasteiger partial charge is 0.00154 e. The fourth-order valence-corrected chi connectivity index (χ4v) is 0. The van der Waals surface area contributed by atoms with Crippen LogP contribution in [0.5, 0.6) is 0 Å². The van der Waals surface area contributed by atoms with Crippen LogP contribution in [0.4, 0.5) is 0 Å². The van der Waals surface area contributed by atoms with Crippen LogP contribution in [0.15, 0.2) is 0 Å². The Labute approximate surface area is 35.6 Å². The molecule has 1 unspecified atom stereocenters. The van der Waals surface area contributed by atoms with E-state index in [2.05, 4.69) is 16.3 Å². The van der Waals surface area contributed by atoms with Crippen molar-refractivity contribution in [3.63, 3.8) is 0 Å². The van der Waals surface area contributed by atoms with Gasteiger partial charge in [-0.25, -0.2) is 0 Å². The van der Waals surface area contributed by atoms with Gasteiger partial charge in [0.25, 0.3) is 0 Å². The van der Waals surface area contributed by atoms with Crippen LogP contribution in [-0.2, 0) is 0 Å². The molecule has 0 spiro atoms. The summed E-state index contributed by atoms with van der Waals surface area (Å²) in [5, 5.41) is 0. The molecule has 0 N–H and O–H groups in total. The molecule has 0 saturated heterocycles. The maximum absolute atomic E-state index is 2.57. The lowest BCUT2D eigenvalue weighted by Crippen LogP contribution is -1.99. The lowest BCUT2D eigenvalue weighted by Gasteiger charge is -1.99. The minimum absolute atomic E-state index is 1.10. The molecule has 0 saturated carbocycles. The maximum atomic E-state index is 2.57. The second-order valence-electron chi connectivity index (χ2n) is 1.07. The van der Waals surface area contributed by atoms with Crippen LogP contribution in [0.3, 0.4) is 0 Å². The summed E-state index contributed by atoms with van der Waals surface area (Å²) < 4.78 is 2.04. The molecule has 32 valence electrons. The third-order valence-corrected chi connectivity index (χ3v) is 0.864. The summed E-state index contributed by atoms with van der Waals surface area (Å²) in [5.41, 5.74) is 0. The highest BCUT2D eigenvalue weighted by Crippen LogP contribution is 1.86. The molecule has 0 aliphatic rings. The Morgan fingerprint density at radius 2 is 2.00 bits per heavy atom. The quantitative estimate of drug-likeness (QED) is 0.430. The third-order valence-electron chi connectivity index (χ3n) is 0.499. The normalized spacial score (nSPS) is 9.60. The van der Waals surface area contributed by atoms with Gasteiger partial charge >= 0.3 is 0 Å². The van der Waals surface area contributed by atoms with E-state index in [1.165, 1.54) is 0 Å². The highest BCUT2D eigenvalue weighted by molar-refractivity contribution is 7.13. The zero-order valence-electron chi connectivity index (χ0n) is 3.73. The first kappa shape index (κ1) is 5.39. The van der Waals surface area contributed by atoms with Crippen molar-refractivity contribution in [3.05, 3.63) is 0 Å². The second kappa shape index (κ2) is 2.62. The number of hydrogen-bond acceptors (Lipinski definition) is 1. The van der Waals surface area contributed by atoms with Crippen LogP contribution in [0.2, 0.25) is 0 Å². The molecule has 1 nitrogen and oxygen atoms in total. The molecule has 2 heteroatoms. The Morgan fingerprint density at radius 1 is 1.80 bits per heavy atom. The first-order valence-corrected chi connectivity index (χ1v) is 2.25. The zero-order valence-corrected chi connectivity index (χ0v) is 4.89.